The van der Waals surface area contributed by atoms with E-state index in [-0.39, 0.29) is 31.1 Å². The molecule has 0 bridgehead atoms. The Morgan fingerprint density at radius 3 is 1.00 bits per heavy atom. The van der Waals surface area contributed by atoms with Crippen molar-refractivity contribution in [1.82, 2.24) is 0 Å². The second-order valence-corrected chi connectivity index (χ2v) is 16.4. The van der Waals surface area contributed by atoms with Gasteiger partial charge in [-0.2, -0.15) is 0 Å². The Morgan fingerprint density at radius 2 is 0.627 bits per heavy atom. The van der Waals surface area contributed by atoms with Gasteiger partial charge in [-0.3, -0.25) is 14.4 Å². The van der Waals surface area contributed by atoms with E-state index in [0.717, 1.165) is 109 Å². The lowest BCUT2D eigenvalue weighted by molar-refractivity contribution is -0.167. The summed E-state index contributed by atoms with van der Waals surface area (Å²) >= 11 is 0. The lowest BCUT2D eigenvalue weighted by Gasteiger charge is -2.18. The number of allylic oxidation sites excluding steroid dienone is 10. The minimum atomic E-state index is -0.788. The van der Waals surface area contributed by atoms with Crippen LogP contribution in [0.5, 0.6) is 0 Å². The second kappa shape index (κ2) is 47.8. The molecule has 0 saturated heterocycles. The van der Waals surface area contributed by atoms with Crippen molar-refractivity contribution in [3.05, 3.63) is 60.8 Å². The van der Waals surface area contributed by atoms with Gasteiger partial charge in [0.05, 0.1) is 0 Å². The van der Waals surface area contributed by atoms with Gasteiger partial charge in [0.2, 0.25) is 0 Å². The summed E-state index contributed by atoms with van der Waals surface area (Å²) in [6.45, 7) is 6.51. The van der Waals surface area contributed by atoms with E-state index in [2.05, 4.69) is 81.5 Å². The average molecular weight is 825 g/mol. The zero-order chi connectivity index (χ0) is 43.0. The van der Waals surface area contributed by atoms with Gasteiger partial charge >= 0.3 is 17.9 Å². The van der Waals surface area contributed by atoms with Crippen LogP contribution in [0.3, 0.4) is 0 Å². The van der Waals surface area contributed by atoms with Crippen molar-refractivity contribution in [2.45, 2.75) is 245 Å². The SMILES string of the molecule is CCCC/C=C\CCCCCCCC(=O)OC(COC(=O)CCCCCCC/C=C\C/C=C\CCCCC)COC(=O)CCCCCCC/C=C\C/C=C\CCCCC. The molecule has 0 fully saturated rings. The van der Waals surface area contributed by atoms with E-state index < -0.39 is 6.10 Å². The van der Waals surface area contributed by atoms with Crippen molar-refractivity contribution >= 4 is 17.9 Å². The van der Waals surface area contributed by atoms with Crippen LogP contribution in [0.2, 0.25) is 0 Å². The molecular weight excluding hydrogens is 733 g/mol. The lowest BCUT2D eigenvalue weighted by atomic mass is 10.1. The molecule has 0 aromatic rings. The number of hydrogen-bond donors (Lipinski definition) is 0. The topological polar surface area (TPSA) is 78.9 Å². The van der Waals surface area contributed by atoms with Crippen LogP contribution >= 0.6 is 0 Å². The first kappa shape index (κ1) is 56.1. The maximum absolute atomic E-state index is 12.7. The van der Waals surface area contributed by atoms with Gasteiger partial charge in [0.1, 0.15) is 13.2 Å². The molecule has 6 heteroatoms. The summed E-state index contributed by atoms with van der Waals surface area (Å²) in [5.74, 6) is -0.926. The van der Waals surface area contributed by atoms with E-state index in [1.807, 2.05) is 0 Å². The van der Waals surface area contributed by atoms with Crippen LogP contribution in [0, 0.1) is 0 Å². The normalized spacial score (nSPS) is 12.1. The van der Waals surface area contributed by atoms with Gasteiger partial charge < -0.3 is 14.2 Å². The molecule has 59 heavy (non-hydrogen) atoms. The molecule has 0 aliphatic rings. The highest BCUT2D eigenvalue weighted by Gasteiger charge is 2.19. The smallest absolute Gasteiger partial charge is 0.306 e. The highest BCUT2D eigenvalue weighted by atomic mass is 16.6. The van der Waals surface area contributed by atoms with E-state index in [4.69, 9.17) is 14.2 Å². The number of carbonyl (C=O) groups excluding carboxylic acids is 3. The fraction of sp³-hybridized carbons (Fsp3) is 0.755. The minimum absolute atomic E-state index is 0.0897. The Labute approximate surface area is 364 Å². The van der Waals surface area contributed by atoms with Gasteiger partial charge in [0, 0.05) is 19.3 Å². The first-order chi connectivity index (χ1) is 29.0. The van der Waals surface area contributed by atoms with Crippen LogP contribution < -0.4 is 0 Å². The molecule has 0 saturated carbocycles. The van der Waals surface area contributed by atoms with Gasteiger partial charge in [-0.05, 0) is 103 Å². The molecule has 6 nitrogen and oxygen atoms in total. The number of esters is 3. The fourth-order valence-corrected chi connectivity index (χ4v) is 6.66. The summed E-state index contributed by atoms with van der Waals surface area (Å²) in [7, 11) is 0. The van der Waals surface area contributed by atoms with Crippen LogP contribution in [0.1, 0.15) is 239 Å². The fourth-order valence-electron chi connectivity index (χ4n) is 6.66. The molecule has 0 spiro atoms. The van der Waals surface area contributed by atoms with Gasteiger partial charge in [0.25, 0.3) is 0 Å². The monoisotopic (exact) mass is 825 g/mol. The van der Waals surface area contributed by atoms with Crippen LogP contribution in [0.15, 0.2) is 60.8 Å². The van der Waals surface area contributed by atoms with E-state index in [0.29, 0.717) is 19.3 Å². The Bertz CT molecular complexity index is 1020. The summed E-state index contributed by atoms with van der Waals surface area (Å²) in [4.78, 5) is 37.9. The van der Waals surface area contributed by atoms with Gasteiger partial charge in [-0.15, -0.1) is 0 Å². The number of rotatable bonds is 44. The van der Waals surface area contributed by atoms with Crippen molar-refractivity contribution in [2.75, 3.05) is 13.2 Å². The van der Waals surface area contributed by atoms with Crippen molar-refractivity contribution in [2.24, 2.45) is 0 Å². The third-order valence-electron chi connectivity index (χ3n) is 10.5. The van der Waals surface area contributed by atoms with E-state index in [1.54, 1.807) is 0 Å². The maximum Gasteiger partial charge on any atom is 0.306 e. The van der Waals surface area contributed by atoms with Gasteiger partial charge in [-0.25, -0.2) is 0 Å². The molecule has 0 atom stereocenters. The van der Waals surface area contributed by atoms with Crippen molar-refractivity contribution in [3.8, 4) is 0 Å². The van der Waals surface area contributed by atoms with E-state index in [1.165, 1.54) is 89.9 Å². The molecule has 0 N–H and O–H groups in total. The molecule has 0 aromatic heterocycles. The Hall–Kier alpha value is -2.89. The molecule has 0 unspecified atom stereocenters. The van der Waals surface area contributed by atoms with Crippen LogP contribution in [0.4, 0.5) is 0 Å². The standard InChI is InChI=1S/C53H92O6/c1-4-7-10-13-16-19-22-24-26-28-31-33-36-39-42-45-51(54)57-48-50(59-53(56)47-44-41-38-35-30-21-18-15-12-9-6-3)49-58-52(55)46-43-40-37-34-32-29-27-25-23-20-17-14-11-8-5-2/h15-20,24-27,50H,4-14,21-23,28-49H2,1-3H3/b18-15-,19-16-,20-17-,26-24-,27-25-. The Kier molecular flexibility index (Phi) is 45.4. The third kappa shape index (κ3) is 46.0. The predicted molar refractivity (Wildman–Crippen MR) is 251 cm³/mol. The van der Waals surface area contributed by atoms with Crippen molar-refractivity contribution in [1.29, 1.82) is 0 Å². The number of unbranched alkanes of at least 4 members (excludes halogenated alkanes) is 23. The minimum Gasteiger partial charge on any atom is -0.462 e. The molecule has 0 radical (unpaired) electrons. The summed E-state index contributed by atoms with van der Waals surface area (Å²) < 4.78 is 16.7. The maximum atomic E-state index is 12.7. The number of ether oxygens (including phenoxy) is 3. The van der Waals surface area contributed by atoms with Crippen molar-refractivity contribution in [3.63, 3.8) is 0 Å². The summed E-state index contributed by atoms with van der Waals surface area (Å²) in [5, 5.41) is 0. The molecular formula is C53H92O6. The van der Waals surface area contributed by atoms with Gasteiger partial charge in [0.15, 0.2) is 6.10 Å². The Balaban J connectivity index is 4.41. The molecule has 0 rings (SSSR count). The molecule has 0 aromatic carbocycles. The van der Waals surface area contributed by atoms with Crippen molar-refractivity contribution < 1.29 is 28.6 Å². The highest BCUT2D eigenvalue weighted by Crippen LogP contribution is 2.13. The quantitative estimate of drug-likeness (QED) is 0.0263. The zero-order valence-electron chi connectivity index (χ0n) is 38.8. The summed E-state index contributed by atoms with van der Waals surface area (Å²) in [6, 6.07) is 0. The van der Waals surface area contributed by atoms with Crippen LogP contribution in [-0.4, -0.2) is 37.2 Å². The van der Waals surface area contributed by atoms with Crippen LogP contribution in [-0.2, 0) is 28.6 Å². The van der Waals surface area contributed by atoms with E-state index >= 15 is 0 Å². The molecule has 340 valence electrons. The average Bonchev–Trinajstić information content (AvgIpc) is 3.23. The molecule has 0 amide bonds. The van der Waals surface area contributed by atoms with E-state index in [9.17, 15) is 14.4 Å². The summed E-state index contributed by atoms with van der Waals surface area (Å²) in [6.07, 6.45) is 57.7. The second-order valence-electron chi connectivity index (χ2n) is 16.4. The predicted octanol–water partition coefficient (Wildman–Crippen LogP) is 16.1. The van der Waals surface area contributed by atoms with Gasteiger partial charge in [-0.1, -0.05) is 178 Å². The number of carbonyl (C=O) groups is 3. The molecule has 0 aliphatic heterocycles. The first-order valence-electron chi connectivity index (χ1n) is 24.8. The number of hydrogen-bond acceptors (Lipinski definition) is 6. The zero-order valence-corrected chi connectivity index (χ0v) is 38.8. The lowest BCUT2D eigenvalue weighted by Crippen LogP contribution is -2.30. The molecule has 0 aliphatic carbocycles. The summed E-state index contributed by atoms with van der Waals surface area (Å²) in [5.41, 5.74) is 0. The molecule has 0 heterocycles. The third-order valence-corrected chi connectivity index (χ3v) is 10.5. The first-order valence-corrected chi connectivity index (χ1v) is 24.8. The Morgan fingerprint density at radius 1 is 0.339 bits per heavy atom. The van der Waals surface area contributed by atoms with Crippen LogP contribution in [0.25, 0.3) is 0 Å². The highest BCUT2D eigenvalue weighted by molar-refractivity contribution is 5.71. The largest absolute Gasteiger partial charge is 0.462 e.